The molecule has 16 heavy (non-hydrogen) atoms. The molecule has 0 saturated carbocycles. The van der Waals surface area contributed by atoms with Gasteiger partial charge < -0.3 is 14.7 Å². The molecule has 2 aliphatic heterocycles. The maximum Gasteiger partial charge on any atom is 0.319 e. The zero-order chi connectivity index (χ0) is 12.3. The molecule has 0 radical (unpaired) electrons. The lowest BCUT2D eigenvalue weighted by Crippen LogP contribution is -2.25. The van der Waals surface area contributed by atoms with Crippen LogP contribution in [-0.4, -0.2) is 67.4 Å². The van der Waals surface area contributed by atoms with E-state index in [2.05, 4.69) is 6.92 Å². The Morgan fingerprint density at radius 3 is 1.62 bits per heavy atom. The second kappa shape index (κ2) is 5.18. The number of urea groups is 1. The maximum absolute atomic E-state index is 10.8. The van der Waals surface area contributed by atoms with Gasteiger partial charge in [0.25, 0.3) is 0 Å². The summed E-state index contributed by atoms with van der Waals surface area (Å²) in [5.74, 6) is 0.866. The molecule has 1 unspecified atom stereocenters. The zero-order valence-electron chi connectivity index (χ0n) is 10.6. The summed E-state index contributed by atoms with van der Waals surface area (Å²) in [5, 5.41) is 0. The molecule has 1 atom stereocenters. The van der Waals surface area contributed by atoms with Gasteiger partial charge in [-0.15, -0.1) is 0 Å². The summed E-state index contributed by atoms with van der Waals surface area (Å²) in [6.45, 7) is 4.78. The van der Waals surface area contributed by atoms with Gasteiger partial charge in [-0.2, -0.15) is 0 Å². The van der Waals surface area contributed by atoms with Crippen molar-refractivity contribution in [3.63, 3.8) is 0 Å². The summed E-state index contributed by atoms with van der Waals surface area (Å²) in [6, 6.07) is 0.130. The number of hydrogen-bond acceptors (Lipinski definition) is 2. The Bertz CT molecular complexity index is 268. The molecule has 0 bridgehead atoms. The van der Waals surface area contributed by atoms with Crippen LogP contribution in [0.25, 0.3) is 0 Å². The Balaban J connectivity index is 0.000000160. The summed E-state index contributed by atoms with van der Waals surface area (Å²) in [6.07, 6.45) is 0.747. The summed E-state index contributed by atoms with van der Waals surface area (Å²) in [4.78, 5) is 26.7. The van der Waals surface area contributed by atoms with E-state index in [1.807, 2.05) is 21.1 Å². The number of carbonyl (C=O) groups excluding carboxylic acids is 2. The van der Waals surface area contributed by atoms with E-state index in [1.54, 1.807) is 14.7 Å². The SMILES string of the molecule is CC1CC(=O)N(C)C1.CN1CCN(C)C1=O. The third-order valence-corrected chi connectivity index (χ3v) is 2.96. The first-order chi connectivity index (χ1) is 7.41. The van der Waals surface area contributed by atoms with Gasteiger partial charge in [0.05, 0.1) is 0 Å². The minimum absolute atomic E-state index is 0.130. The molecule has 5 heteroatoms. The van der Waals surface area contributed by atoms with Gasteiger partial charge in [-0.1, -0.05) is 6.92 Å². The molecule has 0 aromatic heterocycles. The largest absolute Gasteiger partial charge is 0.345 e. The van der Waals surface area contributed by atoms with Crippen LogP contribution in [0.5, 0.6) is 0 Å². The molecular weight excluding hydrogens is 206 g/mol. The number of amides is 3. The van der Waals surface area contributed by atoms with Gasteiger partial charge in [-0.05, 0) is 5.92 Å². The molecule has 2 aliphatic rings. The van der Waals surface area contributed by atoms with E-state index in [4.69, 9.17) is 0 Å². The fraction of sp³-hybridized carbons (Fsp3) is 0.818. The first-order valence-corrected chi connectivity index (χ1v) is 5.62. The Kier molecular flexibility index (Phi) is 4.15. The predicted molar refractivity (Wildman–Crippen MR) is 62.1 cm³/mol. The Morgan fingerprint density at radius 2 is 1.50 bits per heavy atom. The van der Waals surface area contributed by atoms with Crippen molar-refractivity contribution in [2.24, 2.45) is 5.92 Å². The van der Waals surface area contributed by atoms with Crippen molar-refractivity contribution in [1.29, 1.82) is 0 Å². The van der Waals surface area contributed by atoms with Crippen molar-refractivity contribution in [2.75, 3.05) is 40.8 Å². The van der Waals surface area contributed by atoms with Crippen LogP contribution in [0.2, 0.25) is 0 Å². The summed E-state index contributed by atoms with van der Waals surface area (Å²) < 4.78 is 0. The summed E-state index contributed by atoms with van der Waals surface area (Å²) in [7, 11) is 5.48. The highest BCUT2D eigenvalue weighted by molar-refractivity contribution is 5.78. The molecule has 0 aromatic carbocycles. The van der Waals surface area contributed by atoms with E-state index in [0.29, 0.717) is 5.92 Å². The highest BCUT2D eigenvalue weighted by Gasteiger charge is 2.22. The number of carbonyl (C=O) groups is 2. The fourth-order valence-corrected chi connectivity index (χ4v) is 1.87. The molecule has 2 fully saturated rings. The Hall–Kier alpha value is -1.26. The fourth-order valence-electron chi connectivity index (χ4n) is 1.87. The van der Waals surface area contributed by atoms with Crippen molar-refractivity contribution in [3.05, 3.63) is 0 Å². The van der Waals surface area contributed by atoms with E-state index in [0.717, 1.165) is 26.1 Å². The van der Waals surface area contributed by atoms with E-state index in [1.165, 1.54) is 0 Å². The first-order valence-electron chi connectivity index (χ1n) is 5.62. The summed E-state index contributed by atoms with van der Waals surface area (Å²) in [5.41, 5.74) is 0. The van der Waals surface area contributed by atoms with E-state index >= 15 is 0 Å². The Labute approximate surface area is 97.0 Å². The van der Waals surface area contributed by atoms with E-state index in [9.17, 15) is 9.59 Å². The maximum atomic E-state index is 10.8. The monoisotopic (exact) mass is 227 g/mol. The van der Waals surface area contributed by atoms with Gasteiger partial charge in [0.15, 0.2) is 0 Å². The smallest absolute Gasteiger partial charge is 0.319 e. The van der Waals surface area contributed by atoms with Crippen molar-refractivity contribution in [2.45, 2.75) is 13.3 Å². The highest BCUT2D eigenvalue weighted by Crippen LogP contribution is 2.13. The molecule has 2 heterocycles. The molecule has 3 amide bonds. The van der Waals surface area contributed by atoms with Crippen LogP contribution in [0.15, 0.2) is 0 Å². The quantitative estimate of drug-likeness (QED) is 0.604. The van der Waals surface area contributed by atoms with Crippen LogP contribution >= 0.6 is 0 Å². The first kappa shape index (κ1) is 12.8. The van der Waals surface area contributed by atoms with Crippen LogP contribution in [0.4, 0.5) is 4.79 Å². The molecule has 0 aliphatic carbocycles. The van der Waals surface area contributed by atoms with Crippen molar-refractivity contribution < 1.29 is 9.59 Å². The lowest BCUT2D eigenvalue weighted by atomic mass is 10.2. The minimum Gasteiger partial charge on any atom is -0.345 e. The number of nitrogens with zero attached hydrogens (tertiary/aromatic N) is 3. The average molecular weight is 227 g/mol. The normalized spacial score (nSPS) is 25.0. The van der Waals surface area contributed by atoms with Gasteiger partial charge >= 0.3 is 6.03 Å². The van der Waals surface area contributed by atoms with Gasteiger partial charge in [0, 0.05) is 47.2 Å². The van der Waals surface area contributed by atoms with E-state index < -0.39 is 0 Å². The lowest BCUT2D eigenvalue weighted by Gasteiger charge is -2.07. The van der Waals surface area contributed by atoms with Crippen LogP contribution < -0.4 is 0 Å². The van der Waals surface area contributed by atoms with E-state index in [-0.39, 0.29) is 11.9 Å². The van der Waals surface area contributed by atoms with Gasteiger partial charge in [0.1, 0.15) is 0 Å². The number of likely N-dealkylation sites (tertiary alicyclic amines) is 1. The van der Waals surface area contributed by atoms with Crippen molar-refractivity contribution in [3.8, 4) is 0 Å². The third-order valence-electron chi connectivity index (χ3n) is 2.96. The average Bonchev–Trinajstić information content (AvgIpc) is 2.65. The number of likely N-dealkylation sites (N-methyl/N-ethyl adjacent to an activating group) is 2. The summed E-state index contributed by atoms with van der Waals surface area (Å²) >= 11 is 0. The standard InChI is InChI=1S/C6H11NO.C5H10N2O/c1-5-3-6(8)7(2)4-5;1-6-3-4-7(2)5(6)8/h5H,3-4H2,1-2H3;3-4H2,1-2H3. The number of hydrogen-bond donors (Lipinski definition) is 0. The van der Waals surface area contributed by atoms with Gasteiger partial charge in [0.2, 0.25) is 5.91 Å². The minimum atomic E-state index is 0.130. The number of rotatable bonds is 0. The van der Waals surface area contributed by atoms with Crippen LogP contribution in [0.3, 0.4) is 0 Å². The predicted octanol–water partition coefficient (Wildman–Crippen LogP) is 0.468. The van der Waals surface area contributed by atoms with Crippen LogP contribution in [-0.2, 0) is 4.79 Å². The third kappa shape index (κ3) is 3.12. The van der Waals surface area contributed by atoms with Crippen LogP contribution in [0.1, 0.15) is 13.3 Å². The lowest BCUT2D eigenvalue weighted by molar-refractivity contribution is -0.126. The van der Waals surface area contributed by atoms with Crippen LogP contribution in [0, 0.1) is 5.92 Å². The zero-order valence-corrected chi connectivity index (χ0v) is 10.6. The molecule has 0 N–H and O–H groups in total. The Morgan fingerprint density at radius 1 is 1.00 bits per heavy atom. The molecule has 2 saturated heterocycles. The topological polar surface area (TPSA) is 43.9 Å². The molecule has 2 rings (SSSR count). The highest BCUT2D eigenvalue weighted by atomic mass is 16.2. The van der Waals surface area contributed by atoms with Crippen molar-refractivity contribution in [1.82, 2.24) is 14.7 Å². The molecule has 0 spiro atoms. The van der Waals surface area contributed by atoms with Gasteiger partial charge in [-0.25, -0.2) is 4.79 Å². The van der Waals surface area contributed by atoms with Gasteiger partial charge in [-0.3, -0.25) is 4.79 Å². The second-order valence-electron chi connectivity index (χ2n) is 4.71. The molecule has 5 nitrogen and oxygen atoms in total. The second-order valence-corrected chi connectivity index (χ2v) is 4.71. The molecule has 0 aromatic rings. The van der Waals surface area contributed by atoms with Crippen molar-refractivity contribution >= 4 is 11.9 Å². The molecule has 92 valence electrons. The molecular formula is C11H21N3O2.